The standard InChI is InChI=1S/C17H23NO5S/c1-3-13-4-6-15(7-5-13)18-17(20)12(2)23-16(19)10-14-8-9-24(21,22)11-14/h4-7,12,14H,3,8-11H2,1-2H3,(H,18,20)/t12-,14+/m1/s1. The van der Waals surface area contributed by atoms with Gasteiger partial charge in [-0.2, -0.15) is 0 Å². The summed E-state index contributed by atoms with van der Waals surface area (Å²) in [6.45, 7) is 3.55. The Hall–Kier alpha value is -1.89. The zero-order chi connectivity index (χ0) is 17.7. The summed E-state index contributed by atoms with van der Waals surface area (Å²) in [6, 6.07) is 7.45. The number of benzene rings is 1. The monoisotopic (exact) mass is 353 g/mol. The Morgan fingerprint density at radius 2 is 1.96 bits per heavy atom. The van der Waals surface area contributed by atoms with Crippen LogP contribution in [0.5, 0.6) is 0 Å². The molecule has 1 aliphatic rings. The lowest BCUT2D eigenvalue weighted by Gasteiger charge is -2.15. The molecule has 1 N–H and O–H groups in total. The maximum Gasteiger partial charge on any atom is 0.306 e. The van der Waals surface area contributed by atoms with Gasteiger partial charge in [0.25, 0.3) is 5.91 Å². The zero-order valence-corrected chi connectivity index (χ0v) is 14.8. The molecule has 6 nitrogen and oxygen atoms in total. The number of ether oxygens (including phenoxy) is 1. The second-order valence-electron chi connectivity index (χ2n) is 6.15. The van der Waals surface area contributed by atoms with Crippen LogP contribution >= 0.6 is 0 Å². The van der Waals surface area contributed by atoms with Crippen molar-refractivity contribution in [3.63, 3.8) is 0 Å². The van der Waals surface area contributed by atoms with Crippen molar-refractivity contribution in [1.29, 1.82) is 0 Å². The van der Waals surface area contributed by atoms with Crippen LogP contribution in [0.15, 0.2) is 24.3 Å². The van der Waals surface area contributed by atoms with Gasteiger partial charge in [0.1, 0.15) is 0 Å². The van der Waals surface area contributed by atoms with E-state index in [9.17, 15) is 18.0 Å². The second kappa shape index (κ2) is 7.79. The summed E-state index contributed by atoms with van der Waals surface area (Å²) in [5, 5.41) is 2.69. The molecule has 1 amide bonds. The Kier molecular flexibility index (Phi) is 5.99. The number of carbonyl (C=O) groups excluding carboxylic acids is 2. The van der Waals surface area contributed by atoms with E-state index in [1.54, 1.807) is 12.1 Å². The average Bonchev–Trinajstić information content (AvgIpc) is 2.86. The average molecular weight is 353 g/mol. The molecule has 0 spiro atoms. The van der Waals surface area contributed by atoms with Crippen molar-refractivity contribution in [3.05, 3.63) is 29.8 Å². The minimum Gasteiger partial charge on any atom is -0.453 e. The fourth-order valence-electron chi connectivity index (χ4n) is 2.64. The maximum atomic E-state index is 12.1. The first kappa shape index (κ1) is 18.4. The molecular formula is C17H23NO5S. The lowest BCUT2D eigenvalue weighted by atomic mass is 10.1. The van der Waals surface area contributed by atoms with Gasteiger partial charge in [-0.15, -0.1) is 0 Å². The van der Waals surface area contributed by atoms with E-state index in [0.29, 0.717) is 12.1 Å². The Balaban J connectivity index is 1.81. The number of sulfone groups is 1. The van der Waals surface area contributed by atoms with E-state index in [0.717, 1.165) is 6.42 Å². The van der Waals surface area contributed by atoms with Crippen LogP contribution in [0.2, 0.25) is 0 Å². The van der Waals surface area contributed by atoms with E-state index in [1.165, 1.54) is 12.5 Å². The van der Waals surface area contributed by atoms with E-state index in [-0.39, 0.29) is 23.8 Å². The molecular weight excluding hydrogens is 330 g/mol. The highest BCUT2D eigenvalue weighted by molar-refractivity contribution is 7.91. The first-order valence-corrected chi connectivity index (χ1v) is 9.91. The number of nitrogens with one attached hydrogen (secondary N) is 1. The number of hydrogen-bond acceptors (Lipinski definition) is 5. The molecule has 24 heavy (non-hydrogen) atoms. The van der Waals surface area contributed by atoms with Crippen LogP contribution in [0.3, 0.4) is 0 Å². The molecule has 7 heteroatoms. The van der Waals surface area contributed by atoms with E-state index in [2.05, 4.69) is 5.32 Å². The zero-order valence-electron chi connectivity index (χ0n) is 13.9. The van der Waals surface area contributed by atoms with Gasteiger partial charge in [-0.3, -0.25) is 9.59 Å². The van der Waals surface area contributed by atoms with Gasteiger partial charge in [-0.1, -0.05) is 19.1 Å². The maximum absolute atomic E-state index is 12.1. The van der Waals surface area contributed by atoms with Crippen molar-refractivity contribution in [1.82, 2.24) is 0 Å². The van der Waals surface area contributed by atoms with Gasteiger partial charge in [0, 0.05) is 12.1 Å². The van der Waals surface area contributed by atoms with Crippen LogP contribution in [-0.2, 0) is 30.6 Å². The number of hydrogen-bond donors (Lipinski definition) is 1. The van der Waals surface area contributed by atoms with Gasteiger partial charge >= 0.3 is 5.97 Å². The smallest absolute Gasteiger partial charge is 0.306 e. The molecule has 1 aromatic carbocycles. The lowest BCUT2D eigenvalue weighted by Crippen LogP contribution is -2.30. The first-order valence-electron chi connectivity index (χ1n) is 8.09. The van der Waals surface area contributed by atoms with E-state index in [4.69, 9.17) is 4.74 Å². The summed E-state index contributed by atoms with van der Waals surface area (Å²) in [4.78, 5) is 23.9. The van der Waals surface area contributed by atoms with Crippen LogP contribution in [0.1, 0.15) is 32.3 Å². The Morgan fingerprint density at radius 3 is 2.50 bits per heavy atom. The molecule has 1 heterocycles. The molecule has 1 saturated heterocycles. The van der Waals surface area contributed by atoms with E-state index < -0.39 is 27.8 Å². The molecule has 0 bridgehead atoms. The molecule has 2 atom stereocenters. The largest absolute Gasteiger partial charge is 0.453 e. The third-order valence-electron chi connectivity index (χ3n) is 4.09. The molecule has 2 rings (SSSR count). The summed E-state index contributed by atoms with van der Waals surface area (Å²) >= 11 is 0. The third kappa shape index (κ3) is 5.33. The molecule has 0 saturated carbocycles. The molecule has 1 aromatic rings. The van der Waals surface area contributed by atoms with Crippen LogP contribution in [0, 0.1) is 5.92 Å². The SMILES string of the molecule is CCc1ccc(NC(=O)[C@@H](C)OC(=O)C[C@@H]2CCS(=O)(=O)C2)cc1. The molecule has 0 aromatic heterocycles. The molecule has 0 aliphatic carbocycles. The highest BCUT2D eigenvalue weighted by Crippen LogP contribution is 2.22. The quantitative estimate of drug-likeness (QED) is 0.790. The van der Waals surface area contributed by atoms with Crippen molar-refractivity contribution < 1.29 is 22.7 Å². The Labute approximate surface area is 142 Å². The summed E-state index contributed by atoms with van der Waals surface area (Å²) < 4.78 is 27.9. The van der Waals surface area contributed by atoms with Gasteiger partial charge in [0.2, 0.25) is 0 Å². The van der Waals surface area contributed by atoms with Crippen LogP contribution in [0.25, 0.3) is 0 Å². The molecule has 0 unspecified atom stereocenters. The Morgan fingerprint density at radius 1 is 1.29 bits per heavy atom. The van der Waals surface area contributed by atoms with Gasteiger partial charge in [0.05, 0.1) is 11.5 Å². The van der Waals surface area contributed by atoms with E-state index in [1.807, 2.05) is 19.1 Å². The highest BCUT2D eigenvalue weighted by atomic mass is 32.2. The number of amides is 1. The molecule has 0 radical (unpaired) electrons. The molecule has 1 fully saturated rings. The summed E-state index contributed by atoms with van der Waals surface area (Å²) in [7, 11) is -3.02. The van der Waals surface area contributed by atoms with Gasteiger partial charge in [0.15, 0.2) is 15.9 Å². The predicted octanol–water partition coefficient (Wildman–Crippen LogP) is 1.94. The Bertz CT molecular complexity index is 696. The second-order valence-corrected chi connectivity index (χ2v) is 8.37. The fourth-order valence-corrected chi connectivity index (χ4v) is 4.50. The van der Waals surface area contributed by atoms with Crippen molar-refractivity contribution in [2.24, 2.45) is 5.92 Å². The minimum absolute atomic E-state index is 0.0203. The fraction of sp³-hybridized carbons (Fsp3) is 0.529. The van der Waals surface area contributed by atoms with Crippen LogP contribution in [0.4, 0.5) is 5.69 Å². The number of esters is 1. The van der Waals surface area contributed by atoms with Gasteiger partial charge in [-0.25, -0.2) is 8.42 Å². The lowest BCUT2D eigenvalue weighted by molar-refractivity contribution is -0.153. The predicted molar refractivity (Wildman–Crippen MR) is 91.4 cm³/mol. The van der Waals surface area contributed by atoms with Gasteiger partial charge < -0.3 is 10.1 Å². The summed E-state index contributed by atoms with van der Waals surface area (Å²) in [5.41, 5.74) is 1.81. The highest BCUT2D eigenvalue weighted by Gasteiger charge is 2.30. The third-order valence-corrected chi connectivity index (χ3v) is 5.93. The first-order chi connectivity index (χ1) is 11.3. The van der Waals surface area contributed by atoms with Crippen molar-refractivity contribution in [3.8, 4) is 0 Å². The van der Waals surface area contributed by atoms with Crippen molar-refractivity contribution in [2.45, 2.75) is 39.2 Å². The molecule has 1 aliphatic heterocycles. The van der Waals surface area contributed by atoms with E-state index >= 15 is 0 Å². The van der Waals surface area contributed by atoms with Gasteiger partial charge in [-0.05, 0) is 43.4 Å². The number of aryl methyl sites for hydroxylation is 1. The number of carbonyl (C=O) groups is 2. The van der Waals surface area contributed by atoms with Crippen molar-refractivity contribution >= 4 is 27.4 Å². The summed E-state index contributed by atoms with van der Waals surface area (Å²) in [6.07, 6.45) is 0.490. The van der Waals surface area contributed by atoms with Crippen LogP contribution < -0.4 is 5.32 Å². The van der Waals surface area contributed by atoms with Crippen LogP contribution in [-0.4, -0.2) is 37.9 Å². The summed E-state index contributed by atoms with van der Waals surface area (Å²) in [5.74, 6) is -1.02. The topological polar surface area (TPSA) is 89.5 Å². The number of anilines is 1. The normalized spacial score (nSPS) is 20.3. The number of rotatable bonds is 6. The van der Waals surface area contributed by atoms with Crippen molar-refractivity contribution in [2.75, 3.05) is 16.8 Å². The molecule has 132 valence electrons. The minimum atomic E-state index is -3.02.